The molecule has 0 fully saturated rings. The van der Waals surface area contributed by atoms with E-state index in [4.69, 9.17) is 15.0 Å². The maximum atomic E-state index is 6.24. The van der Waals surface area contributed by atoms with Crippen molar-refractivity contribution in [3.8, 4) is 51.2 Å². The highest BCUT2D eigenvalue weighted by Crippen LogP contribution is 2.43. The van der Waals surface area contributed by atoms with Gasteiger partial charge in [0, 0.05) is 43.6 Å². The number of aromatic nitrogens is 6. The van der Waals surface area contributed by atoms with Crippen LogP contribution in [0.2, 0.25) is 0 Å². The van der Waals surface area contributed by atoms with Crippen LogP contribution in [0.25, 0.3) is 117 Å². The predicted molar refractivity (Wildman–Crippen MR) is 510 cm³/mol. The molecule has 4 heterocycles. The van der Waals surface area contributed by atoms with E-state index in [1.807, 2.05) is 0 Å². The van der Waals surface area contributed by atoms with Crippen LogP contribution in [0.4, 0.5) is 0 Å². The van der Waals surface area contributed by atoms with Gasteiger partial charge < -0.3 is 4.57 Å². The summed E-state index contributed by atoms with van der Waals surface area (Å²) in [4.78, 5) is 18.4. The molecule has 0 spiro atoms. The quantitative estimate of drug-likeness (QED) is 0.0635. The molecule has 0 amide bonds. The topological polar surface area (TPSA) is 53.5 Å². The van der Waals surface area contributed by atoms with Crippen LogP contribution in [0.15, 0.2) is 473 Å². The fourth-order valence-electron chi connectivity index (χ4n) is 19.8. The van der Waals surface area contributed by atoms with E-state index in [1.54, 1.807) is 0 Å². The maximum absolute atomic E-state index is 6.24. The van der Waals surface area contributed by atoms with E-state index in [1.165, 1.54) is 62.2 Å². The molecule has 6 nitrogen and oxygen atoms in total. The highest BCUT2D eigenvalue weighted by molar-refractivity contribution is 7.22. The van der Waals surface area contributed by atoms with E-state index in [0.717, 1.165) is 98.9 Å². The van der Waals surface area contributed by atoms with Crippen LogP contribution in [0.1, 0.15) is 0 Å². The van der Waals surface area contributed by atoms with Gasteiger partial charge in [0.15, 0.2) is 30.0 Å². The van der Waals surface area contributed by atoms with Crippen molar-refractivity contribution in [2.45, 2.75) is 0 Å². The molecule has 0 saturated heterocycles. The lowest BCUT2D eigenvalue weighted by atomic mass is 10.1. The summed E-state index contributed by atoms with van der Waals surface area (Å²) in [5, 5.41) is 21.7. The van der Waals surface area contributed by atoms with E-state index in [-0.39, 0.29) is 0 Å². The van der Waals surface area contributed by atoms with Crippen molar-refractivity contribution in [3.63, 3.8) is 0 Å². The van der Waals surface area contributed by atoms with Crippen molar-refractivity contribution in [2.24, 2.45) is 0 Å². The summed E-state index contributed by atoms with van der Waals surface area (Å²) >= 11 is 0. The minimum atomic E-state index is -3.59. The standard InChI is InChI=1S/C111H78N6Si3/c1-10-39-79(40-11-1)81-43-36-60-92(73-81)119(88-52-20-6-21-53-88,89-54-22-7-23-55-89)95-75-83(76-96(78-95)120(90-56-24-8-25-57-90,91-58-26-9-27-59-91)93-61-37-44-82(74-93)80-41-12-2-13-42-80)109-112-110(116-102-67-32-28-63-97(102)98-64-29-33-68-103(98)116)114-111(113-109)117-104-69-34-30-65-99(104)100-71-72-106-107(108(100)117)101-66-31-35-70-105(101)115(106)84-45-38-62-94(77-84)118(85-46-14-3-15-47-85,86-48-16-4-17-49-86)87-50-18-5-19-51-87/h1-78H. The number of nitrogens with zero attached hydrogens (tertiary/aromatic N) is 6. The van der Waals surface area contributed by atoms with Crippen molar-refractivity contribution in [1.29, 1.82) is 0 Å². The number of para-hydroxylation sites is 4. The largest absolute Gasteiger partial charge is 0.309 e. The molecule has 0 N–H and O–H groups in total. The zero-order chi connectivity index (χ0) is 79.6. The van der Waals surface area contributed by atoms with E-state index < -0.39 is 24.2 Å². The zero-order valence-electron chi connectivity index (χ0n) is 65.7. The van der Waals surface area contributed by atoms with Gasteiger partial charge in [0.2, 0.25) is 11.9 Å². The summed E-state index contributed by atoms with van der Waals surface area (Å²) in [5.41, 5.74) is 12.6. The minimum absolute atomic E-state index is 0.487. The third-order valence-electron chi connectivity index (χ3n) is 24.9. The van der Waals surface area contributed by atoms with Crippen LogP contribution in [-0.4, -0.2) is 52.9 Å². The second-order valence-electron chi connectivity index (χ2n) is 31.2. The molecule has 0 bridgehead atoms. The van der Waals surface area contributed by atoms with E-state index >= 15 is 0 Å². The van der Waals surface area contributed by atoms with Crippen molar-refractivity contribution in [3.05, 3.63) is 473 Å². The van der Waals surface area contributed by atoms with Gasteiger partial charge in [-0.25, -0.2) is 0 Å². The molecule has 18 aromatic carbocycles. The van der Waals surface area contributed by atoms with Crippen molar-refractivity contribution in [2.75, 3.05) is 0 Å². The number of hydrogen-bond donors (Lipinski definition) is 0. The van der Waals surface area contributed by atoms with Gasteiger partial charge in [0.05, 0.1) is 33.1 Å². The first-order chi connectivity index (χ1) is 59.5. The Balaban J connectivity index is 0.880. The van der Waals surface area contributed by atoms with Crippen LogP contribution < -0.4 is 62.2 Å². The second-order valence-corrected chi connectivity index (χ2v) is 42.7. The lowest BCUT2D eigenvalue weighted by molar-refractivity contribution is 0.894. The van der Waals surface area contributed by atoms with Gasteiger partial charge in [0.25, 0.3) is 0 Å². The summed E-state index contributed by atoms with van der Waals surface area (Å²) in [6.07, 6.45) is 0. The monoisotopic (exact) mass is 1580 g/mol. The fraction of sp³-hybridized carbons (Fsp3) is 0. The first-order valence-corrected chi connectivity index (χ1v) is 47.2. The van der Waals surface area contributed by atoms with Crippen LogP contribution in [0.3, 0.4) is 0 Å². The second kappa shape index (κ2) is 29.9. The first kappa shape index (κ1) is 71.6. The summed E-state index contributed by atoms with van der Waals surface area (Å²) in [7, 11) is -10.2. The molecule has 4 aromatic heterocycles. The van der Waals surface area contributed by atoms with Crippen molar-refractivity contribution in [1.82, 2.24) is 28.7 Å². The van der Waals surface area contributed by atoms with Crippen molar-refractivity contribution < 1.29 is 0 Å². The van der Waals surface area contributed by atoms with Gasteiger partial charge in [0.1, 0.15) is 0 Å². The van der Waals surface area contributed by atoms with Gasteiger partial charge in [-0.2, -0.15) is 15.0 Å². The predicted octanol–water partition coefficient (Wildman–Crippen LogP) is 18.3. The van der Waals surface area contributed by atoms with Gasteiger partial charge >= 0.3 is 0 Å². The Morgan fingerprint density at radius 2 is 0.458 bits per heavy atom. The molecule has 9 heteroatoms. The molecule has 0 aliphatic rings. The maximum Gasteiger partial charge on any atom is 0.240 e. The molecular formula is C111H78N6Si3. The third-order valence-corrected chi connectivity index (χ3v) is 39.1. The number of benzene rings is 18. The Bertz CT molecular complexity index is 7160. The fourth-order valence-corrected chi connectivity index (χ4v) is 34.5. The van der Waals surface area contributed by atoms with Crippen LogP contribution in [-0.2, 0) is 0 Å². The summed E-state index contributed by atoms with van der Waals surface area (Å²) in [5.74, 6) is 1.51. The Morgan fingerprint density at radius 1 is 0.167 bits per heavy atom. The van der Waals surface area contributed by atoms with Gasteiger partial charge in [-0.15, -0.1) is 0 Å². The first-order valence-electron chi connectivity index (χ1n) is 41.2. The smallest absolute Gasteiger partial charge is 0.240 e. The molecule has 0 aliphatic carbocycles. The van der Waals surface area contributed by atoms with Crippen LogP contribution in [0, 0.1) is 0 Å². The molecule has 0 unspecified atom stereocenters. The summed E-state index contributed by atoms with van der Waals surface area (Å²) in [6.45, 7) is 0. The highest BCUT2D eigenvalue weighted by Gasteiger charge is 2.47. The average Bonchev–Trinajstić information content (AvgIpc) is 1.37. The van der Waals surface area contributed by atoms with Crippen LogP contribution >= 0.6 is 0 Å². The molecular weight excluding hydrogens is 1500 g/mol. The Morgan fingerprint density at radius 3 is 0.867 bits per heavy atom. The lowest BCUT2D eigenvalue weighted by Gasteiger charge is -2.38. The van der Waals surface area contributed by atoms with Gasteiger partial charge in [-0.1, -0.05) is 431 Å². The number of fused-ring (bicyclic) bond motifs is 10. The summed E-state index contributed by atoms with van der Waals surface area (Å²) in [6, 6.07) is 177. The van der Waals surface area contributed by atoms with Gasteiger partial charge in [-0.05, 0) is 127 Å². The van der Waals surface area contributed by atoms with Crippen molar-refractivity contribution >= 4 is 152 Å². The average molecular weight is 1580 g/mol. The number of hydrogen-bond acceptors (Lipinski definition) is 3. The third kappa shape index (κ3) is 11.6. The summed E-state index contributed by atoms with van der Waals surface area (Å²) < 4.78 is 7.15. The molecule has 564 valence electrons. The number of rotatable bonds is 18. The SMILES string of the molecule is c1ccc(-c2cccc([Si](c3ccccc3)(c3ccccc3)c3cc(-c4nc(-n5c6ccccc6c6ccccc65)nc(-n5c6ccccc6c6ccc7c(c8ccccc8n7-c7cccc([Si](c8ccccc8)(c8ccccc8)c8ccccc8)c7)c65)n4)cc([Si](c4ccccc4)(c4ccccc4)c4cccc(-c5ccccc5)c4)c3)c2)cc1. The highest BCUT2D eigenvalue weighted by atomic mass is 28.3. The van der Waals surface area contributed by atoms with Gasteiger partial charge in [-0.3, -0.25) is 9.13 Å². The zero-order valence-corrected chi connectivity index (χ0v) is 68.7. The molecule has 120 heavy (non-hydrogen) atoms. The molecule has 22 rings (SSSR count). The Labute approximate surface area is 699 Å². The normalized spacial score (nSPS) is 12.0. The Hall–Kier alpha value is -15.0. The van der Waals surface area contributed by atoms with E-state index in [2.05, 4.69) is 487 Å². The van der Waals surface area contributed by atoms with E-state index in [0.29, 0.717) is 17.7 Å². The molecule has 0 radical (unpaired) electrons. The molecule has 0 atom stereocenters. The molecule has 22 aromatic rings. The lowest BCUT2D eigenvalue weighted by Crippen LogP contribution is -2.78. The molecule has 0 saturated carbocycles. The van der Waals surface area contributed by atoms with E-state index in [9.17, 15) is 0 Å². The minimum Gasteiger partial charge on any atom is -0.309 e. The molecule has 0 aliphatic heterocycles. The Kier molecular flexibility index (Phi) is 17.9. The van der Waals surface area contributed by atoms with Crippen LogP contribution in [0.5, 0.6) is 0 Å².